The number of hydrogen-bond acceptors (Lipinski definition) is 2. The minimum atomic E-state index is -5.81. The Morgan fingerprint density at radius 2 is 1.41 bits per heavy atom. The minimum absolute atomic E-state index is 0.00673. The molecule has 0 amide bonds. The van der Waals surface area contributed by atoms with E-state index in [4.69, 9.17) is 9.84 Å². The molecule has 2 nitrogen and oxygen atoms in total. The summed E-state index contributed by atoms with van der Waals surface area (Å²) in [5.74, 6) is 0.00673. The van der Waals surface area contributed by atoms with Crippen LogP contribution in [0.3, 0.4) is 0 Å². The summed E-state index contributed by atoms with van der Waals surface area (Å²) < 4.78 is 80.8. The highest BCUT2D eigenvalue weighted by molar-refractivity contribution is 4.95. The summed E-state index contributed by atoms with van der Waals surface area (Å²) in [7, 11) is 0. The van der Waals surface area contributed by atoms with Crippen LogP contribution in [-0.2, 0) is 4.74 Å². The van der Waals surface area contributed by atoms with E-state index in [-0.39, 0.29) is 5.92 Å². The number of halogens is 6. The zero-order valence-electron chi connectivity index (χ0n) is 13.2. The molecule has 0 fully saturated rings. The maximum atomic E-state index is 12.6. The summed E-state index contributed by atoms with van der Waals surface area (Å²) in [4.78, 5) is 0. The summed E-state index contributed by atoms with van der Waals surface area (Å²) in [6.45, 7) is 6.52. The fourth-order valence-electron chi connectivity index (χ4n) is 2.12. The molecule has 0 aromatic carbocycles. The van der Waals surface area contributed by atoms with Crippen molar-refractivity contribution in [3.05, 3.63) is 0 Å². The fraction of sp³-hybridized carbons (Fsp3) is 1.00. The second-order valence-corrected chi connectivity index (χ2v) is 5.83. The van der Waals surface area contributed by atoms with Gasteiger partial charge in [0.25, 0.3) is 5.60 Å². The molecule has 0 aromatic heterocycles. The van der Waals surface area contributed by atoms with Gasteiger partial charge in [-0.05, 0) is 26.2 Å². The lowest BCUT2D eigenvalue weighted by Gasteiger charge is -2.35. The first-order valence-corrected chi connectivity index (χ1v) is 7.27. The van der Waals surface area contributed by atoms with Gasteiger partial charge in [0, 0.05) is 6.42 Å². The van der Waals surface area contributed by atoms with E-state index in [2.05, 4.69) is 0 Å². The molecule has 1 N–H and O–H groups in total. The molecule has 8 heteroatoms. The molecule has 0 aliphatic carbocycles. The summed E-state index contributed by atoms with van der Waals surface area (Å²) in [6, 6.07) is 0. The highest BCUT2D eigenvalue weighted by Gasteiger charge is 2.70. The van der Waals surface area contributed by atoms with Gasteiger partial charge in [-0.25, -0.2) is 0 Å². The number of ether oxygens (including phenoxy) is 1. The Labute approximate surface area is 126 Å². The first-order valence-electron chi connectivity index (χ1n) is 7.27. The van der Waals surface area contributed by atoms with E-state index in [9.17, 15) is 26.3 Å². The van der Waals surface area contributed by atoms with Crippen molar-refractivity contribution in [3.63, 3.8) is 0 Å². The monoisotopic (exact) mass is 338 g/mol. The highest BCUT2D eigenvalue weighted by atomic mass is 19.4. The summed E-state index contributed by atoms with van der Waals surface area (Å²) in [5, 5.41) is 9.12. The van der Waals surface area contributed by atoms with E-state index < -0.39 is 36.6 Å². The van der Waals surface area contributed by atoms with Crippen LogP contribution in [0.15, 0.2) is 0 Å². The number of rotatable bonds is 8. The standard InChI is InChI=1S/C14H24F6O2/c1-5-6-7-9(2)11(4)22-10(3)8-12(21,13(15,16)17)14(18,19)20/h9-11,21H,5-8H2,1-4H3. The van der Waals surface area contributed by atoms with Gasteiger partial charge >= 0.3 is 12.4 Å². The Hall–Kier alpha value is -0.500. The Morgan fingerprint density at radius 1 is 0.955 bits per heavy atom. The largest absolute Gasteiger partial charge is 0.426 e. The SMILES string of the molecule is CCCCC(C)C(C)OC(C)CC(O)(C(F)(F)F)C(F)(F)F. The fourth-order valence-corrected chi connectivity index (χ4v) is 2.12. The Morgan fingerprint density at radius 3 is 1.77 bits per heavy atom. The molecule has 0 radical (unpaired) electrons. The normalized spacial score (nSPS) is 18.1. The minimum Gasteiger partial charge on any atom is -0.375 e. The predicted octanol–water partition coefficient (Wildman–Crippen LogP) is 4.85. The van der Waals surface area contributed by atoms with E-state index in [1.54, 1.807) is 6.92 Å². The van der Waals surface area contributed by atoms with Gasteiger partial charge in [0.05, 0.1) is 12.2 Å². The molecule has 0 rings (SSSR count). The zero-order chi connectivity index (χ0) is 17.8. The van der Waals surface area contributed by atoms with Crippen LogP contribution < -0.4 is 0 Å². The first-order chi connectivity index (χ1) is 9.76. The molecule has 22 heavy (non-hydrogen) atoms. The molecule has 0 saturated carbocycles. The number of unbranched alkanes of at least 4 members (excludes halogenated alkanes) is 1. The zero-order valence-corrected chi connectivity index (χ0v) is 13.2. The van der Waals surface area contributed by atoms with Crippen LogP contribution in [-0.4, -0.2) is 35.3 Å². The molecule has 0 heterocycles. The third-order valence-corrected chi connectivity index (χ3v) is 3.78. The second-order valence-electron chi connectivity index (χ2n) is 5.83. The summed E-state index contributed by atoms with van der Waals surface area (Å²) >= 11 is 0. The molecule has 0 aromatic rings. The lowest BCUT2D eigenvalue weighted by Crippen LogP contribution is -2.58. The molecule has 134 valence electrons. The van der Waals surface area contributed by atoms with E-state index in [0.717, 1.165) is 26.2 Å². The number of alkyl halides is 6. The topological polar surface area (TPSA) is 29.5 Å². The van der Waals surface area contributed by atoms with Crippen molar-refractivity contribution in [2.45, 2.75) is 83.5 Å². The van der Waals surface area contributed by atoms with Gasteiger partial charge in [-0.15, -0.1) is 0 Å². The van der Waals surface area contributed by atoms with Crippen LogP contribution in [0.5, 0.6) is 0 Å². The molecule has 0 bridgehead atoms. The van der Waals surface area contributed by atoms with Gasteiger partial charge in [0.15, 0.2) is 0 Å². The van der Waals surface area contributed by atoms with E-state index in [1.807, 2.05) is 13.8 Å². The molecule has 0 spiro atoms. The van der Waals surface area contributed by atoms with E-state index in [0.29, 0.717) is 0 Å². The predicted molar refractivity (Wildman–Crippen MR) is 70.4 cm³/mol. The van der Waals surface area contributed by atoms with Crippen LogP contribution in [0.2, 0.25) is 0 Å². The first kappa shape index (κ1) is 21.5. The Balaban J connectivity index is 4.83. The van der Waals surface area contributed by atoms with Crippen molar-refractivity contribution in [1.29, 1.82) is 0 Å². The Kier molecular flexibility index (Phi) is 7.68. The van der Waals surface area contributed by atoms with Gasteiger partial charge in [-0.2, -0.15) is 26.3 Å². The third-order valence-electron chi connectivity index (χ3n) is 3.78. The van der Waals surface area contributed by atoms with Crippen molar-refractivity contribution < 1.29 is 36.2 Å². The number of aliphatic hydroxyl groups is 1. The molecule has 0 aliphatic rings. The second kappa shape index (κ2) is 7.86. The van der Waals surface area contributed by atoms with Gasteiger partial charge in [0.2, 0.25) is 0 Å². The lowest BCUT2D eigenvalue weighted by molar-refractivity contribution is -0.374. The van der Waals surface area contributed by atoms with Crippen LogP contribution in [0, 0.1) is 5.92 Å². The van der Waals surface area contributed by atoms with E-state index in [1.165, 1.54) is 0 Å². The van der Waals surface area contributed by atoms with Crippen LogP contribution in [0.4, 0.5) is 26.3 Å². The maximum Gasteiger partial charge on any atom is 0.426 e. The molecular formula is C14H24F6O2. The third kappa shape index (κ3) is 5.61. The van der Waals surface area contributed by atoms with Crippen LogP contribution in [0.1, 0.15) is 53.4 Å². The van der Waals surface area contributed by atoms with Crippen LogP contribution in [0.25, 0.3) is 0 Å². The molecular weight excluding hydrogens is 314 g/mol. The van der Waals surface area contributed by atoms with Crippen molar-refractivity contribution >= 4 is 0 Å². The van der Waals surface area contributed by atoms with Crippen molar-refractivity contribution in [3.8, 4) is 0 Å². The maximum absolute atomic E-state index is 12.6. The summed E-state index contributed by atoms with van der Waals surface area (Å²) in [6.07, 6.45) is -12.5. The molecule has 0 saturated heterocycles. The highest BCUT2D eigenvalue weighted by Crippen LogP contribution is 2.46. The average molecular weight is 338 g/mol. The average Bonchev–Trinajstić information content (AvgIpc) is 2.32. The van der Waals surface area contributed by atoms with E-state index >= 15 is 0 Å². The summed E-state index contributed by atoms with van der Waals surface area (Å²) in [5.41, 5.74) is -4.76. The van der Waals surface area contributed by atoms with Crippen molar-refractivity contribution in [2.24, 2.45) is 5.92 Å². The lowest BCUT2D eigenvalue weighted by atomic mass is 9.94. The van der Waals surface area contributed by atoms with Crippen molar-refractivity contribution in [1.82, 2.24) is 0 Å². The van der Waals surface area contributed by atoms with Crippen LogP contribution >= 0.6 is 0 Å². The number of hydrogen-bond donors (Lipinski definition) is 1. The van der Waals surface area contributed by atoms with Crippen molar-refractivity contribution in [2.75, 3.05) is 0 Å². The Bertz CT molecular complexity index is 312. The molecule has 3 unspecified atom stereocenters. The molecule has 3 atom stereocenters. The smallest absolute Gasteiger partial charge is 0.375 e. The van der Waals surface area contributed by atoms with Gasteiger partial charge in [-0.1, -0.05) is 26.7 Å². The molecule has 0 aliphatic heterocycles. The van der Waals surface area contributed by atoms with Gasteiger partial charge in [0.1, 0.15) is 0 Å². The quantitative estimate of drug-likeness (QED) is 0.641. The van der Waals surface area contributed by atoms with Gasteiger partial charge < -0.3 is 9.84 Å². The van der Waals surface area contributed by atoms with Gasteiger partial charge in [-0.3, -0.25) is 0 Å².